The fourth-order valence-corrected chi connectivity index (χ4v) is 3.09. The Balaban J connectivity index is 2.64. The number of rotatable bonds is 8. The number of aromatic hydroxyl groups is 1. The van der Waals surface area contributed by atoms with E-state index in [0.717, 1.165) is 0 Å². The number of hydrogen-bond acceptors (Lipinski definition) is 6. The van der Waals surface area contributed by atoms with Gasteiger partial charge in [-0.1, -0.05) is 6.92 Å². The highest BCUT2D eigenvalue weighted by atomic mass is 16.5. The summed E-state index contributed by atoms with van der Waals surface area (Å²) in [5.74, 6) is 0.106. The highest BCUT2D eigenvalue weighted by Crippen LogP contribution is 2.36. The molecular weight excluding hydrogens is 348 g/mol. The average molecular weight is 372 g/mol. The lowest BCUT2D eigenvalue weighted by molar-refractivity contribution is -0.118. The van der Waals surface area contributed by atoms with Crippen LogP contribution in [-0.2, 0) is 4.79 Å². The fourth-order valence-electron chi connectivity index (χ4n) is 3.09. The fraction of sp³-hybridized carbons (Fsp3) is 0.333. The highest BCUT2D eigenvalue weighted by Gasteiger charge is 2.25. The monoisotopic (exact) mass is 372 g/mol. The lowest BCUT2D eigenvalue weighted by Crippen LogP contribution is -2.14. The smallest absolute Gasteiger partial charge is 0.193 e. The summed E-state index contributed by atoms with van der Waals surface area (Å²) in [4.78, 5) is 25.3. The number of carbonyl (C=O) groups is 2. The molecule has 0 amide bonds. The van der Waals surface area contributed by atoms with E-state index in [4.69, 9.17) is 14.2 Å². The maximum absolute atomic E-state index is 13.2. The summed E-state index contributed by atoms with van der Waals surface area (Å²) in [5, 5.41) is 10.2. The number of Topliss-reactive ketones (excluding diaryl/α,β-unsaturated/α-hetero) is 1. The van der Waals surface area contributed by atoms with E-state index in [0.29, 0.717) is 29.0 Å². The molecule has 1 N–H and O–H groups in total. The molecular formula is C21H24O6. The number of hydrogen-bond donors (Lipinski definition) is 1. The van der Waals surface area contributed by atoms with Gasteiger partial charge in [0.25, 0.3) is 0 Å². The van der Waals surface area contributed by atoms with E-state index < -0.39 is 5.92 Å². The Kier molecular flexibility index (Phi) is 6.45. The molecule has 2 rings (SSSR count). The van der Waals surface area contributed by atoms with Crippen molar-refractivity contribution in [2.75, 3.05) is 21.3 Å². The zero-order chi connectivity index (χ0) is 20.1. The first-order chi connectivity index (χ1) is 12.9. The molecule has 2 aromatic carbocycles. The van der Waals surface area contributed by atoms with Crippen LogP contribution in [0.2, 0.25) is 0 Å². The second kappa shape index (κ2) is 8.58. The van der Waals surface area contributed by atoms with E-state index in [1.54, 1.807) is 24.3 Å². The number of ketones is 2. The van der Waals surface area contributed by atoms with Crippen LogP contribution in [0.15, 0.2) is 30.3 Å². The minimum absolute atomic E-state index is 0.0633. The van der Waals surface area contributed by atoms with E-state index in [2.05, 4.69) is 0 Å². The molecule has 0 saturated carbocycles. The summed E-state index contributed by atoms with van der Waals surface area (Å²) in [6, 6.07) is 7.72. The predicted octanol–water partition coefficient (Wildman–Crippen LogP) is 3.73. The number of phenolic OH excluding ortho intramolecular Hbond substituents is 1. The quantitative estimate of drug-likeness (QED) is 0.711. The third-order valence-corrected chi connectivity index (χ3v) is 4.52. The van der Waals surface area contributed by atoms with Gasteiger partial charge in [-0.3, -0.25) is 9.59 Å². The van der Waals surface area contributed by atoms with Gasteiger partial charge in [0.2, 0.25) is 0 Å². The minimum Gasteiger partial charge on any atom is -0.504 e. The van der Waals surface area contributed by atoms with Crippen molar-refractivity contribution in [3.8, 4) is 23.0 Å². The largest absolute Gasteiger partial charge is 0.504 e. The van der Waals surface area contributed by atoms with Gasteiger partial charge in [0, 0.05) is 17.0 Å². The molecule has 1 atom stereocenters. The highest BCUT2D eigenvalue weighted by molar-refractivity contribution is 6.11. The molecule has 6 heteroatoms. The standard InChI is InChI=1S/C21H24O6/c1-6-14(12(2)22)15-11-19(26-4)17(23)10-16(15)21(24)13-7-8-18(25-3)20(9-13)27-5/h7-11,14,23H,6H2,1-5H3. The third-order valence-electron chi connectivity index (χ3n) is 4.52. The van der Waals surface area contributed by atoms with Gasteiger partial charge in [-0.15, -0.1) is 0 Å². The van der Waals surface area contributed by atoms with Gasteiger partial charge in [0.15, 0.2) is 28.8 Å². The molecule has 0 spiro atoms. The maximum Gasteiger partial charge on any atom is 0.193 e. The number of phenols is 1. The molecule has 6 nitrogen and oxygen atoms in total. The van der Waals surface area contributed by atoms with Gasteiger partial charge in [-0.05, 0) is 49.2 Å². The Morgan fingerprint density at radius 2 is 1.59 bits per heavy atom. The third kappa shape index (κ3) is 4.05. The van der Waals surface area contributed by atoms with Gasteiger partial charge in [-0.25, -0.2) is 0 Å². The summed E-state index contributed by atoms with van der Waals surface area (Å²) in [6.45, 7) is 3.36. The normalized spacial score (nSPS) is 11.6. The summed E-state index contributed by atoms with van der Waals surface area (Å²) < 4.78 is 15.6. The molecule has 0 aliphatic carbocycles. The lowest BCUT2D eigenvalue weighted by atomic mass is 9.86. The Labute approximate surface area is 158 Å². The number of benzene rings is 2. The summed E-state index contributed by atoms with van der Waals surface area (Å²) in [6.07, 6.45) is 0.523. The van der Waals surface area contributed by atoms with Crippen LogP contribution < -0.4 is 14.2 Å². The minimum atomic E-state index is -0.474. The molecule has 0 radical (unpaired) electrons. The van der Waals surface area contributed by atoms with Gasteiger partial charge in [0.1, 0.15) is 5.78 Å². The second-order valence-electron chi connectivity index (χ2n) is 6.08. The van der Waals surface area contributed by atoms with E-state index in [1.165, 1.54) is 34.3 Å². The van der Waals surface area contributed by atoms with Crippen molar-refractivity contribution in [3.05, 3.63) is 47.0 Å². The van der Waals surface area contributed by atoms with Crippen LogP contribution in [0.5, 0.6) is 23.0 Å². The Bertz CT molecular complexity index is 856. The van der Waals surface area contributed by atoms with Crippen molar-refractivity contribution in [2.45, 2.75) is 26.2 Å². The first kappa shape index (κ1) is 20.3. The van der Waals surface area contributed by atoms with Gasteiger partial charge >= 0.3 is 0 Å². The van der Waals surface area contributed by atoms with Crippen LogP contribution >= 0.6 is 0 Å². The molecule has 27 heavy (non-hydrogen) atoms. The van der Waals surface area contributed by atoms with Crippen LogP contribution in [-0.4, -0.2) is 38.0 Å². The summed E-state index contributed by atoms with van der Waals surface area (Å²) >= 11 is 0. The van der Waals surface area contributed by atoms with Crippen molar-refractivity contribution in [1.29, 1.82) is 0 Å². The molecule has 144 valence electrons. The van der Waals surface area contributed by atoms with Crippen molar-refractivity contribution in [3.63, 3.8) is 0 Å². The molecule has 0 heterocycles. The number of methoxy groups -OCH3 is 3. The SMILES string of the molecule is CCC(C(C)=O)c1cc(OC)c(O)cc1C(=O)c1ccc(OC)c(OC)c1. The van der Waals surface area contributed by atoms with Crippen molar-refractivity contribution in [1.82, 2.24) is 0 Å². The zero-order valence-corrected chi connectivity index (χ0v) is 16.2. The van der Waals surface area contributed by atoms with E-state index in [9.17, 15) is 14.7 Å². The van der Waals surface area contributed by atoms with Gasteiger partial charge in [0.05, 0.1) is 21.3 Å². The Morgan fingerprint density at radius 1 is 0.963 bits per heavy atom. The molecule has 0 aromatic heterocycles. The van der Waals surface area contributed by atoms with Crippen molar-refractivity contribution < 1.29 is 28.9 Å². The average Bonchev–Trinajstić information content (AvgIpc) is 2.67. The molecule has 0 saturated heterocycles. The zero-order valence-electron chi connectivity index (χ0n) is 16.2. The number of ether oxygens (including phenoxy) is 3. The molecule has 0 aliphatic heterocycles. The predicted molar refractivity (Wildman–Crippen MR) is 101 cm³/mol. The lowest BCUT2D eigenvalue weighted by Gasteiger charge is -2.18. The van der Waals surface area contributed by atoms with E-state index >= 15 is 0 Å². The molecule has 2 aromatic rings. The Hall–Kier alpha value is -3.02. The summed E-state index contributed by atoms with van der Waals surface area (Å²) in [5.41, 5.74) is 1.14. The van der Waals surface area contributed by atoms with Crippen molar-refractivity contribution in [2.24, 2.45) is 0 Å². The van der Waals surface area contributed by atoms with E-state index in [1.807, 2.05) is 6.92 Å². The van der Waals surface area contributed by atoms with Crippen LogP contribution in [0.25, 0.3) is 0 Å². The Morgan fingerprint density at radius 3 is 2.11 bits per heavy atom. The molecule has 0 fully saturated rings. The first-order valence-corrected chi connectivity index (χ1v) is 8.55. The van der Waals surface area contributed by atoms with Crippen LogP contribution in [0.4, 0.5) is 0 Å². The van der Waals surface area contributed by atoms with Gasteiger partial charge in [-0.2, -0.15) is 0 Å². The van der Waals surface area contributed by atoms with Crippen LogP contribution in [0.1, 0.15) is 47.7 Å². The van der Waals surface area contributed by atoms with Crippen LogP contribution in [0, 0.1) is 0 Å². The van der Waals surface area contributed by atoms with Crippen molar-refractivity contribution >= 4 is 11.6 Å². The number of carbonyl (C=O) groups excluding carboxylic acids is 2. The molecule has 0 aliphatic rings. The first-order valence-electron chi connectivity index (χ1n) is 8.55. The second-order valence-corrected chi connectivity index (χ2v) is 6.08. The molecule has 0 bridgehead atoms. The topological polar surface area (TPSA) is 82.1 Å². The van der Waals surface area contributed by atoms with Gasteiger partial charge < -0.3 is 19.3 Å². The maximum atomic E-state index is 13.2. The summed E-state index contributed by atoms with van der Waals surface area (Å²) in [7, 11) is 4.42. The van der Waals surface area contributed by atoms with E-state index in [-0.39, 0.29) is 28.6 Å². The van der Waals surface area contributed by atoms with Crippen LogP contribution in [0.3, 0.4) is 0 Å². The molecule has 1 unspecified atom stereocenters.